The van der Waals surface area contributed by atoms with Crippen LogP contribution < -0.4 is 10.6 Å². The molecule has 7 nitrogen and oxygen atoms in total. The molecule has 1 saturated heterocycles. The molecular formula is C16H26N4O3S. The molecule has 0 bridgehead atoms. The van der Waals surface area contributed by atoms with Gasteiger partial charge in [-0.1, -0.05) is 25.2 Å². The van der Waals surface area contributed by atoms with E-state index in [1.54, 1.807) is 0 Å². The monoisotopic (exact) mass is 354 g/mol. The molecule has 0 aliphatic carbocycles. The van der Waals surface area contributed by atoms with Crippen LogP contribution in [0.25, 0.3) is 0 Å². The summed E-state index contributed by atoms with van der Waals surface area (Å²) in [7, 11) is 0. The molecule has 2 amide bonds. The van der Waals surface area contributed by atoms with Crippen molar-refractivity contribution in [1.82, 2.24) is 15.2 Å². The number of ether oxygens (including phenoxy) is 2. The SMILES string of the molecule is CC(C)CN1CCOC(CNC(=O)Nc2nc3c(s2)COCC3)C1. The van der Waals surface area contributed by atoms with Crippen molar-refractivity contribution >= 4 is 22.5 Å². The number of urea groups is 1. The van der Waals surface area contributed by atoms with E-state index in [9.17, 15) is 4.79 Å². The van der Waals surface area contributed by atoms with E-state index in [1.807, 2.05) is 0 Å². The highest BCUT2D eigenvalue weighted by Gasteiger charge is 2.22. The second-order valence-electron chi connectivity index (χ2n) is 6.67. The van der Waals surface area contributed by atoms with Gasteiger partial charge in [-0.2, -0.15) is 0 Å². The first-order chi connectivity index (χ1) is 11.6. The van der Waals surface area contributed by atoms with Crippen LogP contribution in [0.15, 0.2) is 0 Å². The summed E-state index contributed by atoms with van der Waals surface area (Å²) in [4.78, 5) is 20.0. The molecule has 0 spiro atoms. The average molecular weight is 354 g/mol. The number of morpholine rings is 1. The van der Waals surface area contributed by atoms with E-state index in [-0.39, 0.29) is 12.1 Å². The number of hydrogen-bond acceptors (Lipinski definition) is 6. The fourth-order valence-corrected chi connectivity index (χ4v) is 3.95. The second-order valence-corrected chi connectivity index (χ2v) is 7.76. The van der Waals surface area contributed by atoms with Gasteiger partial charge in [0, 0.05) is 32.6 Å². The first-order valence-electron chi connectivity index (χ1n) is 8.55. The van der Waals surface area contributed by atoms with Crippen molar-refractivity contribution in [3.05, 3.63) is 10.6 Å². The third kappa shape index (κ3) is 4.89. The molecule has 24 heavy (non-hydrogen) atoms. The van der Waals surface area contributed by atoms with Crippen molar-refractivity contribution in [3.63, 3.8) is 0 Å². The number of amides is 2. The van der Waals surface area contributed by atoms with Crippen molar-refractivity contribution < 1.29 is 14.3 Å². The topological polar surface area (TPSA) is 75.7 Å². The van der Waals surface area contributed by atoms with Gasteiger partial charge in [0.1, 0.15) is 0 Å². The highest BCUT2D eigenvalue weighted by atomic mass is 32.1. The molecule has 1 aromatic rings. The fourth-order valence-electron chi connectivity index (χ4n) is 3.01. The largest absolute Gasteiger partial charge is 0.375 e. The van der Waals surface area contributed by atoms with Crippen LogP contribution in [0.1, 0.15) is 24.4 Å². The lowest BCUT2D eigenvalue weighted by Crippen LogP contribution is -2.48. The molecule has 8 heteroatoms. The maximum Gasteiger partial charge on any atom is 0.321 e. The zero-order valence-corrected chi connectivity index (χ0v) is 15.2. The lowest BCUT2D eigenvalue weighted by molar-refractivity contribution is -0.0288. The van der Waals surface area contributed by atoms with Crippen molar-refractivity contribution in [2.24, 2.45) is 5.92 Å². The smallest absolute Gasteiger partial charge is 0.321 e. The minimum atomic E-state index is -0.230. The van der Waals surface area contributed by atoms with Crippen LogP contribution in [0.4, 0.5) is 9.93 Å². The molecule has 1 fully saturated rings. The molecule has 2 aliphatic heterocycles. The summed E-state index contributed by atoms with van der Waals surface area (Å²) >= 11 is 1.48. The third-order valence-corrected chi connectivity index (χ3v) is 5.04. The van der Waals surface area contributed by atoms with Crippen molar-refractivity contribution in [1.29, 1.82) is 0 Å². The van der Waals surface area contributed by atoms with Gasteiger partial charge in [-0.15, -0.1) is 0 Å². The van der Waals surface area contributed by atoms with Crippen LogP contribution in [-0.4, -0.2) is 61.4 Å². The van der Waals surface area contributed by atoms with Gasteiger partial charge in [0.25, 0.3) is 0 Å². The zero-order valence-electron chi connectivity index (χ0n) is 14.3. The number of nitrogens with one attached hydrogen (secondary N) is 2. The summed E-state index contributed by atoms with van der Waals surface area (Å²) < 4.78 is 11.1. The predicted molar refractivity (Wildman–Crippen MR) is 93.5 cm³/mol. The van der Waals surface area contributed by atoms with Gasteiger partial charge in [-0.05, 0) is 5.92 Å². The number of aromatic nitrogens is 1. The number of thiazole rings is 1. The lowest BCUT2D eigenvalue weighted by Gasteiger charge is -2.33. The molecule has 2 aliphatic rings. The van der Waals surface area contributed by atoms with Crippen LogP contribution >= 0.6 is 11.3 Å². The fraction of sp³-hybridized carbons (Fsp3) is 0.750. The van der Waals surface area contributed by atoms with Crippen molar-refractivity contribution in [2.75, 3.05) is 44.7 Å². The Bertz CT molecular complexity index is 540. The summed E-state index contributed by atoms with van der Waals surface area (Å²) in [5, 5.41) is 6.34. The first kappa shape index (κ1) is 17.6. The third-order valence-electron chi connectivity index (χ3n) is 4.05. The highest BCUT2D eigenvalue weighted by molar-refractivity contribution is 7.15. The number of nitrogens with zero attached hydrogens (tertiary/aromatic N) is 2. The molecular weight excluding hydrogens is 328 g/mol. The van der Waals surface area contributed by atoms with Crippen LogP contribution in [0.3, 0.4) is 0 Å². The summed E-state index contributed by atoms with van der Waals surface area (Å²) in [5.74, 6) is 0.639. The van der Waals surface area contributed by atoms with Crippen LogP contribution in [0, 0.1) is 5.92 Å². The van der Waals surface area contributed by atoms with Gasteiger partial charge in [0.05, 0.1) is 36.5 Å². The molecule has 3 heterocycles. The van der Waals surface area contributed by atoms with Gasteiger partial charge in [-0.3, -0.25) is 10.2 Å². The first-order valence-corrected chi connectivity index (χ1v) is 9.37. The maximum atomic E-state index is 12.1. The van der Waals surface area contributed by atoms with E-state index in [0.717, 1.165) is 43.2 Å². The molecule has 1 aromatic heterocycles. The molecule has 1 atom stereocenters. The number of carbonyl (C=O) groups excluding carboxylic acids is 1. The Morgan fingerprint density at radius 1 is 1.46 bits per heavy atom. The van der Waals surface area contributed by atoms with E-state index in [0.29, 0.717) is 30.8 Å². The molecule has 3 rings (SSSR count). The Hall–Kier alpha value is -1.22. The van der Waals surface area contributed by atoms with Gasteiger partial charge in [0.15, 0.2) is 5.13 Å². The van der Waals surface area contributed by atoms with Gasteiger partial charge in [-0.25, -0.2) is 9.78 Å². The molecule has 2 N–H and O–H groups in total. The Kier molecular flexibility index (Phi) is 6.04. The molecule has 1 unspecified atom stereocenters. The summed E-state index contributed by atoms with van der Waals surface area (Å²) in [6.45, 7) is 9.86. The average Bonchev–Trinajstić information content (AvgIpc) is 2.95. The van der Waals surface area contributed by atoms with E-state index in [1.165, 1.54) is 11.3 Å². The molecule has 0 radical (unpaired) electrons. The quantitative estimate of drug-likeness (QED) is 0.842. The Labute approximate surface area is 146 Å². The van der Waals surface area contributed by atoms with Gasteiger partial charge in [0.2, 0.25) is 0 Å². The van der Waals surface area contributed by atoms with Crippen molar-refractivity contribution in [3.8, 4) is 0 Å². The van der Waals surface area contributed by atoms with Gasteiger partial charge < -0.3 is 14.8 Å². The normalized spacial score (nSPS) is 21.5. The Morgan fingerprint density at radius 2 is 2.33 bits per heavy atom. The maximum absolute atomic E-state index is 12.1. The Morgan fingerprint density at radius 3 is 3.12 bits per heavy atom. The summed E-state index contributed by atoms with van der Waals surface area (Å²) in [5.41, 5.74) is 1.04. The minimum absolute atomic E-state index is 0.0427. The van der Waals surface area contributed by atoms with Crippen LogP contribution in [0.5, 0.6) is 0 Å². The number of anilines is 1. The number of carbonyl (C=O) groups is 1. The van der Waals surface area contributed by atoms with E-state index < -0.39 is 0 Å². The zero-order chi connectivity index (χ0) is 16.9. The predicted octanol–water partition coefficient (Wildman–Crippen LogP) is 1.69. The van der Waals surface area contributed by atoms with Crippen molar-refractivity contribution in [2.45, 2.75) is 33.0 Å². The number of hydrogen-bond donors (Lipinski definition) is 2. The van der Waals surface area contributed by atoms with Crippen LogP contribution in [-0.2, 0) is 22.5 Å². The molecule has 134 valence electrons. The van der Waals surface area contributed by atoms with E-state index in [2.05, 4.69) is 34.4 Å². The Balaban J connectivity index is 1.43. The standard InChI is InChI=1S/C16H26N4O3S/c1-11(2)8-20-4-6-23-12(9-20)7-17-15(21)19-16-18-13-3-5-22-10-14(13)24-16/h11-12H,3-10H2,1-2H3,(H2,17,18,19,21). The van der Waals surface area contributed by atoms with Gasteiger partial charge >= 0.3 is 6.03 Å². The summed E-state index contributed by atoms with van der Waals surface area (Å²) in [6, 6.07) is -0.230. The lowest BCUT2D eigenvalue weighted by atomic mass is 10.2. The van der Waals surface area contributed by atoms with E-state index >= 15 is 0 Å². The highest BCUT2D eigenvalue weighted by Crippen LogP contribution is 2.26. The summed E-state index contributed by atoms with van der Waals surface area (Å²) in [6.07, 6.45) is 0.859. The number of fused-ring (bicyclic) bond motifs is 1. The molecule has 0 aromatic carbocycles. The second kappa shape index (κ2) is 8.24. The minimum Gasteiger partial charge on any atom is -0.375 e. The van der Waals surface area contributed by atoms with Crippen LogP contribution in [0.2, 0.25) is 0 Å². The number of rotatable bonds is 5. The molecule has 0 saturated carbocycles. The van der Waals surface area contributed by atoms with E-state index in [4.69, 9.17) is 9.47 Å².